The normalized spacial score (nSPS) is 11.1. The first-order valence-corrected chi connectivity index (χ1v) is 11.8. The zero-order valence-electron chi connectivity index (χ0n) is 18.8. The fourth-order valence-corrected chi connectivity index (χ4v) is 4.85. The first-order valence-electron chi connectivity index (χ1n) is 10.9. The lowest BCUT2D eigenvalue weighted by atomic mass is 10.1. The van der Waals surface area contributed by atoms with Crippen molar-refractivity contribution in [1.29, 1.82) is 0 Å². The third-order valence-corrected chi connectivity index (χ3v) is 6.53. The minimum atomic E-state index is -0.128. The monoisotopic (exact) mass is 447 g/mol. The van der Waals surface area contributed by atoms with Crippen LogP contribution in [0.25, 0.3) is 21.5 Å². The molecule has 0 aliphatic carbocycles. The first-order chi connectivity index (χ1) is 15.6. The van der Waals surface area contributed by atoms with E-state index in [0.717, 1.165) is 17.8 Å². The van der Waals surface area contributed by atoms with Gasteiger partial charge in [-0.05, 0) is 43.5 Å². The lowest BCUT2D eigenvalue weighted by molar-refractivity contribution is 0.153. The summed E-state index contributed by atoms with van der Waals surface area (Å²) in [6, 6.07) is 20.4. The summed E-state index contributed by atoms with van der Waals surface area (Å²) >= 11 is 1.73. The Bertz CT molecular complexity index is 1180. The summed E-state index contributed by atoms with van der Waals surface area (Å²) in [6.07, 6.45) is 0. The number of carbonyl (C=O) groups excluding carboxylic acids is 1. The van der Waals surface area contributed by atoms with Crippen LogP contribution in [0.3, 0.4) is 0 Å². The van der Waals surface area contributed by atoms with Crippen molar-refractivity contribution in [3.8, 4) is 10.6 Å². The molecule has 0 aliphatic heterocycles. The average molecular weight is 448 g/mol. The van der Waals surface area contributed by atoms with Gasteiger partial charge in [0.2, 0.25) is 0 Å². The number of aromatic nitrogens is 1. The molecule has 5 nitrogen and oxygen atoms in total. The Morgan fingerprint density at radius 2 is 1.88 bits per heavy atom. The van der Waals surface area contributed by atoms with Crippen LogP contribution in [0.2, 0.25) is 0 Å². The highest BCUT2D eigenvalue weighted by molar-refractivity contribution is 7.13. The van der Waals surface area contributed by atoms with E-state index in [1.54, 1.807) is 18.4 Å². The summed E-state index contributed by atoms with van der Waals surface area (Å²) in [4.78, 5) is 16.3. The van der Waals surface area contributed by atoms with Crippen LogP contribution in [-0.4, -0.2) is 35.8 Å². The molecule has 0 fully saturated rings. The third kappa shape index (κ3) is 4.56. The van der Waals surface area contributed by atoms with Gasteiger partial charge in [0.05, 0.1) is 23.7 Å². The van der Waals surface area contributed by atoms with E-state index >= 15 is 0 Å². The maximum atomic E-state index is 13.3. The van der Waals surface area contributed by atoms with Crippen molar-refractivity contribution in [2.45, 2.75) is 26.9 Å². The molecule has 1 N–H and O–H groups in total. The molecule has 0 radical (unpaired) electrons. The summed E-state index contributed by atoms with van der Waals surface area (Å²) in [5, 5.41) is 6.33. The van der Waals surface area contributed by atoms with Crippen LogP contribution >= 0.6 is 11.3 Å². The molecule has 0 spiro atoms. The first kappa shape index (κ1) is 22.1. The summed E-state index contributed by atoms with van der Waals surface area (Å²) in [6.45, 7) is 6.54. The Morgan fingerprint density at radius 3 is 2.56 bits per heavy atom. The molecule has 0 bridgehead atoms. The van der Waals surface area contributed by atoms with Crippen LogP contribution < -0.4 is 5.32 Å². The highest BCUT2D eigenvalue weighted by atomic mass is 32.1. The standard InChI is InChI=1S/C26H29N3O2S/c1-4-29-23-9-6-5-8-21(23)22(25(29)24-10-7-17-32-24)18-28(15-16-31-3)26(30)27-20-13-11-19(2)12-14-20/h5-14,17H,4,15-16,18H2,1-3H3,(H,27,30). The van der Waals surface area contributed by atoms with E-state index in [1.165, 1.54) is 27.0 Å². The second-order valence-corrected chi connectivity index (χ2v) is 8.72. The third-order valence-electron chi connectivity index (χ3n) is 5.65. The average Bonchev–Trinajstić information content (AvgIpc) is 3.44. The number of benzene rings is 2. The van der Waals surface area contributed by atoms with Crippen molar-refractivity contribution in [3.05, 3.63) is 77.2 Å². The fourth-order valence-electron chi connectivity index (χ4n) is 4.04. The lowest BCUT2D eigenvalue weighted by Gasteiger charge is -2.24. The maximum absolute atomic E-state index is 13.3. The van der Waals surface area contributed by atoms with Crippen molar-refractivity contribution in [2.75, 3.05) is 25.6 Å². The number of carbonyl (C=O) groups is 1. The molecule has 4 rings (SSSR count). The van der Waals surface area contributed by atoms with E-state index in [2.05, 4.69) is 58.6 Å². The molecule has 32 heavy (non-hydrogen) atoms. The van der Waals surface area contributed by atoms with Crippen molar-refractivity contribution >= 4 is 34.0 Å². The van der Waals surface area contributed by atoms with Crippen LogP contribution in [0.4, 0.5) is 10.5 Å². The van der Waals surface area contributed by atoms with E-state index in [1.807, 2.05) is 36.1 Å². The van der Waals surface area contributed by atoms with Gasteiger partial charge in [0.1, 0.15) is 0 Å². The second-order valence-electron chi connectivity index (χ2n) is 7.78. The zero-order valence-corrected chi connectivity index (χ0v) is 19.6. The molecule has 2 heterocycles. The number of ether oxygens (including phenoxy) is 1. The minimum Gasteiger partial charge on any atom is -0.383 e. The quantitative estimate of drug-likeness (QED) is 0.341. The predicted octanol–water partition coefficient (Wildman–Crippen LogP) is 6.38. The lowest BCUT2D eigenvalue weighted by Crippen LogP contribution is -2.37. The van der Waals surface area contributed by atoms with E-state index in [0.29, 0.717) is 19.7 Å². The Morgan fingerprint density at radius 1 is 1.09 bits per heavy atom. The molecule has 2 aromatic carbocycles. The van der Waals surface area contributed by atoms with Crippen LogP contribution in [-0.2, 0) is 17.8 Å². The number of fused-ring (bicyclic) bond motifs is 1. The van der Waals surface area contributed by atoms with Crippen molar-refractivity contribution in [3.63, 3.8) is 0 Å². The Kier molecular flexibility index (Phi) is 6.93. The van der Waals surface area contributed by atoms with E-state index in [4.69, 9.17) is 4.74 Å². The van der Waals surface area contributed by atoms with Gasteiger partial charge in [-0.3, -0.25) is 0 Å². The summed E-state index contributed by atoms with van der Waals surface area (Å²) < 4.78 is 7.67. The number of rotatable bonds is 8. The summed E-state index contributed by atoms with van der Waals surface area (Å²) in [5.74, 6) is 0. The summed E-state index contributed by atoms with van der Waals surface area (Å²) in [7, 11) is 1.66. The van der Waals surface area contributed by atoms with Gasteiger partial charge in [0.15, 0.2) is 0 Å². The number of aryl methyl sites for hydroxylation is 2. The smallest absolute Gasteiger partial charge is 0.322 e. The number of anilines is 1. The van der Waals surface area contributed by atoms with Gasteiger partial charge in [-0.1, -0.05) is 42.0 Å². The highest BCUT2D eigenvalue weighted by Crippen LogP contribution is 2.37. The molecule has 0 saturated heterocycles. The summed E-state index contributed by atoms with van der Waals surface area (Å²) in [5.41, 5.74) is 5.50. The largest absolute Gasteiger partial charge is 0.383 e. The van der Waals surface area contributed by atoms with Crippen LogP contribution in [0.5, 0.6) is 0 Å². The molecule has 2 amide bonds. The number of amides is 2. The van der Waals surface area contributed by atoms with Gasteiger partial charge in [0.25, 0.3) is 0 Å². The van der Waals surface area contributed by atoms with Gasteiger partial charge in [-0.2, -0.15) is 0 Å². The fraction of sp³-hybridized carbons (Fsp3) is 0.269. The number of nitrogens with one attached hydrogen (secondary N) is 1. The molecule has 0 unspecified atom stereocenters. The number of hydrogen-bond donors (Lipinski definition) is 1. The molecule has 0 saturated carbocycles. The Labute approximate surface area is 193 Å². The topological polar surface area (TPSA) is 46.5 Å². The van der Waals surface area contributed by atoms with Crippen molar-refractivity contribution < 1.29 is 9.53 Å². The van der Waals surface area contributed by atoms with Crippen LogP contribution in [0, 0.1) is 6.92 Å². The molecular weight excluding hydrogens is 418 g/mol. The molecule has 0 atom stereocenters. The molecule has 4 aromatic rings. The van der Waals surface area contributed by atoms with Crippen LogP contribution in [0.1, 0.15) is 18.1 Å². The van der Waals surface area contributed by atoms with Gasteiger partial charge in [-0.15, -0.1) is 11.3 Å². The highest BCUT2D eigenvalue weighted by Gasteiger charge is 2.23. The molecule has 6 heteroatoms. The zero-order chi connectivity index (χ0) is 22.5. The van der Waals surface area contributed by atoms with E-state index in [9.17, 15) is 4.79 Å². The SMILES string of the molecule is CCn1c(-c2cccs2)c(CN(CCOC)C(=O)Nc2ccc(C)cc2)c2ccccc21. The Hall–Kier alpha value is -3.09. The number of urea groups is 1. The maximum Gasteiger partial charge on any atom is 0.322 e. The predicted molar refractivity (Wildman–Crippen MR) is 133 cm³/mol. The number of nitrogens with zero attached hydrogens (tertiary/aromatic N) is 2. The Balaban J connectivity index is 1.73. The van der Waals surface area contributed by atoms with Gasteiger partial charge in [-0.25, -0.2) is 4.79 Å². The molecule has 0 aliphatic rings. The van der Waals surface area contributed by atoms with E-state index in [-0.39, 0.29) is 6.03 Å². The van der Waals surface area contributed by atoms with Crippen molar-refractivity contribution in [1.82, 2.24) is 9.47 Å². The van der Waals surface area contributed by atoms with Gasteiger partial charge >= 0.3 is 6.03 Å². The van der Waals surface area contributed by atoms with Crippen LogP contribution in [0.15, 0.2) is 66.0 Å². The number of thiophene rings is 1. The number of hydrogen-bond acceptors (Lipinski definition) is 3. The minimum absolute atomic E-state index is 0.128. The second kappa shape index (κ2) is 10.0. The molecule has 166 valence electrons. The van der Waals surface area contributed by atoms with Crippen molar-refractivity contribution in [2.24, 2.45) is 0 Å². The van der Waals surface area contributed by atoms with E-state index < -0.39 is 0 Å². The van der Waals surface area contributed by atoms with Gasteiger partial charge in [0, 0.05) is 42.4 Å². The molecular formula is C26H29N3O2S. The number of para-hydroxylation sites is 1. The van der Waals surface area contributed by atoms with Gasteiger partial charge < -0.3 is 19.5 Å². The number of methoxy groups -OCH3 is 1. The molecule has 2 aromatic heterocycles.